The van der Waals surface area contributed by atoms with Crippen LogP contribution in [0.15, 0.2) is 120 Å². The molecule has 1 fully saturated rings. The number of hydrogen-bond donors (Lipinski definition) is 1. The molecule has 0 aliphatic carbocycles. The van der Waals surface area contributed by atoms with E-state index in [1.807, 2.05) is 115 Å². The molecule has 4 aromatic rings. The van der Waals surface area contributed by atoms with Gasteiger partial charge in [-0.2, -0.15) is 0 Å². The average molecular weight is 548 g/mol. The summed E-state index contributed by atoms with van der Waals surface area (Å²) in [7, 11) is 1.62. The molecule has 1 unspecified atom stereocenters. The van der Waals surface area contributed by atoms with Gasteiger partial charge in [0.2, 0.25) is 11.8 Å². The molecule has 2 amide bonds. The topological polar surface area (TPSA) is 80.2 Å². The van der Waals surface area contributed by atoms with Crippen molar-refractivity contribution in [1.82, 2.24) is 10.2 Å². The molecule has 1 aliphatic rings. The fourth-order valence-corrected chi connectivity index (χ4v) is 4.99. The highest BCUT2D eigenvalue weighted by Crippen LogP contribution is 2.30. The van der Waals surface area contributed by atoms with Gasteiger partial charge in [0.05, 0.1) is 25.3 Å². The van der Waals surface area contributed by atoms with E-state index in [1.165, 1.54) is 0 Å². The van der Waals surface area contributed by atoms with Crippen molar-refractivity contribution in [2.75, 3.05) is 13.7 Å². The van der Waals surface area contributed by atoms with E-state index in [-0.39, 0.29) is 25.0 Å². The first-order valence-corrected chi connectivity index (χ1v) is 13.6. The second kappa shape index (κ2) is 13.4. The van der Waals surface area contributed by atoms with E-state index in [9.17, 15) is 9.59 Å². The normalized spacial score (nSPS) is 15.6. The largest absolute Gasteiger partial charge is 0.497 e. The van der Waals surface area contributed by atoms with Crippen LogP contribution >= 0.6 is 0 Å². The predicted octanol–water partition coefficient (Wildman–Crippen LogP) is 5.32. The van der Waals surface area contributed by atoms with E-state index in [0.29, 0.717) is 18.7 Å². The summed E-state index contributed by atoms with van der Waals surface area (Å²) >= 11 is 0. The minimum atomic E-state index is -0.704. The highest BCUT2D eigenvalue weighted by atomic mass is 16.6. The maximum Gasteiger partial charge on any atom is 0.243 e. The van der Waals surface area contributed by atoms with Gasteiger partial charge in [-0.25, -0.2) is 0 Å². The maximum atomic E-state index is 14.3. The number of carbonyl (C=O) groups excluding carboxylic acids is 2. The molecular weight excluding hydrogens is 514 g/mol. The number of nitrogens with zero attached hydrogens (tertiary/aromatic N) is 2. The number of benzene rings is 4. The Hall–Kier alpha value is -4.91. The van der Waals surface area contributed by atoms with E-state index in [1.54, 1.807) is 12.0 Å². The van der Waals surface area contributed by atoms with Gasteiger partial charge in [-0.3, -0.25) is 9.59 Å². The zero-order valence-corrected chi connectivity index (χ0v) is 23.0. The molecule has 0 aromatic heterocycles. The van der Waals surface area contributed by atoms with Gasteiger partial charge in [-0.05, 0) is 34.4 Å². The zero-order valence-electron chi connectivity index (χ0n) is 23.0. The van der Waals surface area contributed by atoms with Gasteiger partial charge in [0.15, 0.2) is 0 Å². The lowest BCUT2D eigenvalue weighted by Gasteiger charge is -2.28. The molecule has 7 nitrogen and oxygen atoms in total. The summed E-state index contributed by atoms with van der Waals surface area (Å²) in [5.41, 5.74) is 4.31. The van der Waals surface area contributed by atoms with Crippen molar-refractivity contribution in [2.24, 2.45) is 5.16 Å². The second-order valence-electron chi connectivity index (χ2n) is 9.92. The Morgan fingerprint density at radius 3 is 2.00 bits per heavy atom. The van der Waals surface area contributed by atoms with E-state index in [2.05, 4.69) is 10.5 Å². The van der Waals surface area contributed by atoms with Crippen molar-refractivity contribution >= 4 is 17.5 Å². The molecular formula is C34H33N3O4. The van der Waals surface area contributed by atoms with Gasteiger partial charge in [0, 0.05) is 13.0 Å². The van der Waals surface area contributed by atoms with Crippen LogP contribution in [0.3, 0.4) is 0 Å². The fraction of sp³-hybridized carbons (Fsp3) is 0.206. The third kappa shape index (κ3) is 7.00. The molecule has 1 heterocycles. The molecule has 41 heavy (non-hydrogen) atoms. The van der Waals surface area contributed by atoms with Crippen molar-refractivity contribution in [2.45, 2.75) is 31.5 Å². The number of ether oxygens (including phenoxy) is 1. The minimum absolute atomic E-state index is 0.150. The van der Waals surface area contributed by atoms with Gasteiger partial charge in [0.25, 0.3) is 0 Å². The number of oxime groups is 1. The Labute approximate surface area is 240 Å². The SMILES string of the molecule is COc1ccc(CO/N=C2\CC(C(=O)NCc3ccccc3)N(C(=O)C(c3ccccc3)c3ccccc3)C2)cc1. The summed E-state index contributed by atoms with van der Waals surface area (Å²) in [6, 6.07) is 35.9. The van der Waals surface area contributed by atoms with Crippen LogP contribution in [0.2, 0.25) is 0 Å². The molecule has 1 N–H and O–H groups in total. The van der Waals surface area contributed by atoms with Crippen LogP contribution in [0.5, 0.6) is 5.75 Å². The summed E-state index contributed by atoms with van der Waals surface area (Å²) in [5.74, 6) is -0.160. The van der Waals surface area contributed by atoms with E-state index < -0.39 is 12.0 Å². The summed E-state index contributed by atoms with van der Waals surface area (Å²) in [6.45, 7) is 0.851. The average Bonchev–Trinajstić information content (AvgIpc) is 3.46. The molecule has 0 radical (unpaired) electrons. The van der Waals surface area contributed by atoms with Gasteiger partial charge in [0.1, 0.15) is 18.4 Å². The van der Waals surface area contributed by atoms with Crippen molar-refractivity contribution in [3.05, 3.63) is 138 Å². The molecule has 0 bridgehead atoms. The van der Waals surface area contributed by atoms with Crippen LogP contribution in [0.25, 0.3) is 0 Å². The minimum Gasteiger partial charge on any atom is -0.497 e. The lowest BCUT2D eigenvalue weighted by atomic mass is 9.90. The van der Waals surface area contributed by atoms with Gasteiger partial charge in [-0.1, -0.05) is 108 Å². The quantitative estimate of drug-likeness (QED) is 0.273. The van der Waals surface area contributed by atoms with E-state index in [4.69, 9.17) is 9.57 Å². The van der Waals surface area contributed by atoms with Crippen molar-refractivity contribution in [3.8, 4) is 5.75 Å². The van der Waals surface area contributed by atoms with Gasteiger partial charge in [-0.15, -0.1) is 0 Å². The number of amides is 2. The number of nitrogens with one attached hydrogen (secondary N) is 1. The monoisotopic (exact) mass is 547 g/mol. The summed E-state index contributed by atoms with van der Waals surface area (Å²) in [5, 5.41) is 7.38. The highest BCUT2D eigenvalue weighted by Gasteiger charge is 2.41. The Kier molecular flexibility index (Phi) is 9.06. The van der Waals surface area contributed by atoms with Crippen LogP contribution in [0.1, 0.15) is 34.6 Å². The first-order valence-electron chi connectivity index (χ1n) is 13.6. The van der Waals surface area contributed by atoms with Crippen LogP contribution in [-0.4, -0.2) is 42.1 Å². The Balaban J connectivity index is 1.38. The zero-order chi connectivity index (χ0) is 28.4. The van der Waals surface area contributed by atoms with E-state index >= 15 is 0 Å². The predicted molar refractivity (Wildman–Crippen MR) is 158 cm³/mol. The molecule has 4 aromatic carbocycles. The maximum absolute atomic E-state index is 14.3. The molecule has 7 heteroatoms. The lowest BCUT2D eigenvalue weighted by molar-refractivity contribution is -0.138. The van der Waals surface area contributed by atoms with Crippen LogP contribution in [-0.2, 0) is 27.6 Å². The Morgan fingerprint density at radius 1 is 0.829 bits per heavy atom. The molecule has 5 rings (SSSR count). The Bertz CT molecular complexity index is 1420. The highest BCUT2D eigenvalue weighted by molar-refractivity contribution is 6.02. The van der Waals surface area contributed by atoms with Crippen LogP contribution in [0, 0.1) is 0 Å². The smallest absolute Gasteiger partial charge is 0.243 e. The van der Waals surface area contributed by atoms with Crippen LogP contribution < -0.4 is 10.1 Å². The molecule has 1 saturated heterocycles. The van der Waals surface area contributed by atoms with Crippen molar-refractivity contribution in [3.63, 3.8) is 0 Å². The number of methoxy groups -OCH3 is 1. The molecule has 0 spiro atoms. The number of hydrogen-bond acceptors (Lipinski definition) is 5. The molecule has 0 saturated carbocycles. The van der Waals surface area contributed by atoms with Crippen molar-refractivity contribution in [1.29, 1.82) is 0 Å². The first kappa shape index (κ1) is 27.6. The van der Waals surface area contributed by atoms with Crippen LogP contribution in [0.4, 0.5) is 0 Å². The first-order chi connectivity index (χ1) is 20.1. The third-order valence-electron chi connectivity index (χ3n) is 7.15. The number of likely N-dealkylation sites (tertiary alicyclic amines) is 1. The summed E-state index contributed by atoms with van der Waals surface area (Å²) < 4.78 is 5.21. The number of rotatable bonds is 10. The fourth-order valence-electron chi connectivity index (χ4n) is 4.99. The molecule has 1 aliphatic heterocycles. The third-order valence-corrected chi connectivity index (χ3v) is 7.15. The molecule has 1 atom stereocenters. The standard InChI is InChI=1S/C34H33N3O4/c1-40-30-19-17-26(18-20-30)24-41-36-29-21-31(33(38)35-22-25-11-5-2-6-12-25)37(23-29)34(39)32(27-13-7-3-8-14-27)28-15-9-4-10-16-28/h2-20,31-32H,21-24H2,1H3,(H,35,38)/b36-29+. The van der Waals surface area contributed by atoms with E-state index in [0.717, 1.165) is 28.0 Å². The van der Waals surface area contributed by atoms with Gasteiger partial charge >= 0.3 is 0 Å². The second-order valence-corrected chi connectivity index (χ2v) is 9.92. The Morgan fingerprint density at radius 2 is 1.41 bits per heavy atom. The van der Waals surface area contributed by atoms with Gasteiger partial charge < -0.3 is 19.8 Å². The van der Waals surface area contributed by atoms with Crippen molar-refractivity contribution < 1.29 is 19.2 Å². The lowest BCUT2D eigenvalue weighted by Crippen LogP contribution is -2.47. The number of carbonyl (C=O) groups is 2. The summed E-state index contributed by atoms with van der Waals surface area (Å²) in [6.07, 6.45) is 0.297. The molecule has 208 valence electrons. The summed E-state index contributed by atoms with van der Waals surface area (Å²) in [4.78, 5) is 35.1.